The largest absolute Gasteiger partial charge is 0.497 e. The molecule has 128 valence electrons. The van der Waals surface area contributed by atoms with Gasteiger partial charge in [-0.05, 0) is 35.7 Å². The zero-order valence-electron chi connectivity index (χ0n) is 14.0. The Kier molecular flexibility index (Phi) is 3.93. The van der Waals surface area contributed by atoms with Crippen LogP contribution in [-0.4, -0.2) is 34.6 Å². The first-order valence-corrected chi connectivity index (χ1v) is 8.36. The lowest BCUT2D eigenvalue weighted by molar-refractivity contribution is -0.144. The fraction of sp³-hybridized carbons (Fsp3) is 0.250. The molecule has 1 aliphatic heterocycles. The van der Waals surface area contributed by atoms with Gasteiger partial charge in [0, 0.05) is 35.8 Å². The van der Waals surface area contributed by atoms with E-state index in [9.17, 15) is 9.90 Å². The molecule has 1 aliphatic rings. The first kappa shape index (κ1) is 15.7. The molecule has 2 N–H and O–H groups in total. The van der Waals surface area contributed by atoms with Crippen LogP contribution >= 0.6 is 0 Å². The van der Waals surface area contributed by atoms with E-state index < -0.39 is 12.0 Å². The Labute approximate surface area is 145 Å². The van der Waals surface area contributed by atoms with Gasteiger partial charge in [-0.1, -0.05) is 24.3 Å². The number of carboxylic acid groups (broad SMARTS) is 1. The van der Waals surface area contributed by atoms with Crippen molar-refractivity contribution in [1.82, 2.24) is 9.88 Å². The minimum atomic E-state index is -0.830. The van der Waals surface area contributed by atoms with Crippen LogP contribution in [0.5, 0.6) is 5.75 Å². The molecule has 0 radical (unpaired) electrons. The van der Waals surface area contributed by atoms with E-state index >= 15 is 0 Å². The maximum absolute atomic E-state index is 12.1. The smallest absolute Gasteiger partial charge is 0.325 e. The van der Waals surface area contributed by atoms with E-state index in [-0.39, 0.29) is 0 Å². The number of aliphatic carboxylic acids is 1. The van der Waals surface area contributed by atoms with Crippen molar-refractivity contribution in [2.24, 2.45) is 0 Å². The van der Waals surface area contributed by atoms with Crippen LogP contribution in [0.2, 0.25) is 0 Å². The fourth-order valence-corrected chi connectivity index (χ4v) is 3.70. The van der Waals surface area contributed by atoms with Gasteiger partial charge in [0.05, 0.1) is 7.11 Å². The van der Waals surface area contributed by atoms with Crippen LogP contribution in [0.1, 0.15) is 22.7 Å². The van der Waals surface area contributed by atoms with E-state index in [0.29, 0.717) is 6.54 Å². The molecule has 0 bridgehead atoms. The molecule has 0 aliphatic carbocycles. The summed E-state index contributed by atoms with van der Waals surface area (Å²) >= 11 is 0. The number of ether oxygens (including phenoxy) is 1. The average Bonchev–Trinajstić information content (AvgIpc) is 3.04. The van der Waals surface area contributed by atoms with E-state index in [2.05, 4.69) is 17.1 Å². The van der Waals surface area contributed by atoms with Crippen molar-refractivity contribution in [1.29, 1.82) is 0 Å². The second-order valence-electron chi connectivity index (χ2n) is 6.39. The number of methoxy groups -OCH3 is 1. The summed E-state index contributed by atoms with van der Waals surface area (Å²) in [5.74, 6) is -0.107. The quantitative estimate of drug-likeness (QED) is 0.767. The number of hydrogen-bond donors (Lipinski definition) is 2. The summed E-state index contributed by atoms with van der Waals surface area (Å²) in [5.41, 5.74) is 4.21. The highest BCUT2D eigenvalue weighted by molar-refractivity contribution is 5.90. The van der Waals surface area contributed by atoms with Crippen LogP contribution in [0.25, 0.3) is 10.9 Å². The number of nitrogens with zero attached hydrogens (tertiary/aromatic N) is 1. The number of carbonyl (C=O) groups is 1. The molecule has 0 unspecified atom stereocenters. The van der Waals surface area contributed by atoms with Crippen molar-refractivity contribution < 1.29 is 14.6 Å². The number of nitrogens with one attached hydrogen (secondary N) is 1. The van der Waals surface area contributed by atoms with Crippen molar-refractivity contribution in [2.45, 2.75) is 19.0 Å². The van der Waals surface area contributed by atoms with Gasteiger partial charge in [-0.2, -0.15) is 0 Å². The summed E-state index contributed by atoms with van der Waals surface area (Å²) in [7, 11) is 1.61. The monoisotopic (exact) mass is 336 g/mol. The van der Waals surface area contributed by atoms with E-state index in [4.69, 9.17) is 4.74 Å². The van der Waals surface area contributed by atoms with Gasteiger partial charge in [-0.3, -0.25) is 9.69 Å². The van der Waals surface area contributed by atoms with Gasteiger partial charge in [0.1, 0.15) is 11.8 Å². The highest BCUT2D eigenvalue weighted by Gasteiger charge is 2.32. The topological polar surface area (TPSA) is 65.6 Å². The molecular formula is C20H20N2O3. The normalized spacial score (nSPS) is 15.7. The van der Waals surface area contributed by atoms with Crippen LogP contribution < -0.4 is 4.74 Å². The van der Waals surface area contributed by atoms with Crippen molar-refractivity contribution in [2.75, 3.05) is 13.7 Å². The first-order chi connectivity index (χ1) is 12.2. The third kappa shape index (κ3) is 2.76. The lowest BCUT2D eigenvalue weighted by Gasteiger charge is -2.33. The number of rotatable bonds is 4. The molecule has 5 heteroatoms. The number of aromatic nitrogens is 1. The second kappa shape index (κ2) is 6.26. The highest BCUT2D eigenvalue weighted by Crippen LogP contribution is 2.33. The van der Waals surface area contributed by atoms with Gasteiger partial charge in [-0.15, -0.1) is 0 Å². The molecule has 0 amide bonds. The molecule has 2 aromatic carbocycles. The van der Waals surface area contributed by atoms with Gasteiger partial charge >= 0.3 is 5.97 Å². The minimum Gasteiger partial charge on any atom is -0.497 e. The van der Waals surface area contributed by atoms with Crippen LogP contribution in [0.3, 0.4) is 0 Å². The van der Waals surface area contributed by atoms with E-state index in [1.807, 2.05) is 41.4 Å². The summed E-state index contributed by atoms with van der Waals surface area (Å²) < 4.78 is 5.30. The van der Waals surface area contributed by atoms with E-state index in [1.165, 1.54) is 11.1 Å². The van der Waals surface area contributed by atoms with Gasteiger partial charge in [0.25, 0.3) is 0 Å². The minimum absolute atomic E-state index is 0.643. The molecule has 2 heterocycles. The molecule has 4 rings (SSSR count). The summed E-state index contributed by atoms with van der Waals surface area (Å²) in [6.07, 6.45) is 2.68. The van der Waals surface area contributed by atoms with Crippen LogP contribution in [0.15, 0.2) is 48.7 Å². The SMILES string of the molecule is COc1ccc2[nH]cc([C@@H](C(=O)O)N3CCc4ccccc4C3)c2c1. The number of aromatic amines is 1. The molecule has 1 atom stereocenters. The van der Waals surface area contributed by atoms with Gasteiger partial charge < -0.3 is 14.8 Å². The summed E-state index contributed by atoms with van der Waals surface area (Å²) in [5, 5.41) is 10.8. The van der Waals surface area contributed by atoms with Crippen LogP contribution in [0, 0.1) is 0 Å². The number of carboxylic acids is 1. The fourth-order valence-electron chi connectivity index (χ4n) is 3.70. The maximum atomic E-state index is 12.1. The zero-order valence-corrected chi connectivity index (χ0v) is 14.0. The standard InChI is InChI=1S/C20H20N2O3/c1-25-15-6-7-18-16(10-15)17(11-21-18)19(20(23)24)22-9-8-13-4-2-3-5-14(13)12-22/h2-7,10-11,19,21H,8-9,12H2,1H3,(H,23,24)/t19-/m0/s1. The Morgan fingerprint density at radius 1 is 1.24 bits per heavy atom. The van der Waals surface area contributed by atoms with Crippen molar-refractivity contribution in [3.8, 4) is 5.75 Å². The van der Waals surface area contributed by atoms with E-state index in [1.54, 1.807) is 7.11 Å². The van der Waals surface area contributed by atoms with Crippen molar-refractivity contribution >= 4 is 16.9 Å². The molecule has 25 heavy (non-hydrogen) atoms. The summed E-state index contributed by atoms with van der Waals surface area (Å²) in [4.78, 5) is 17.3. The third-order valence-electron chi connectivity index (χ3n) is 4.97. The molecule has 5 nitrogen and oxygen atoms in total. The highest BCUT2D eigenvalue weighted by atomic mass is 16.5. The first-order valence-electron chi connectivity index (χ1n) is 8.36. The molecule has 0 fully saturated rings. The molecule has 0 spiro atoms. The maximum Gasteiger partial charge on any atom is 0.325 e. The Morgan fingerprint density at radius 3 is 2.80 bits per heavy atom. The number of H-pyrrole nitrogens is 1. The Balaban J connectivity index is 1.75. The van der Waals surface area contributed by atoms with Crippen molar-refractivity contribution in [3.05, 3.63) is 65.4 Å². The Morgan fingerprint density at radius 2 is 2.04 bits per heavy atom. The second-order valence-corrected chi connectivity index (χ2v) is 6.39. The Bertz CT molecular complexity index is 932. The summed E-state index contributed by atoms with van der Waals surface area (Å²) in [6, 6.07) is 13.3. The number of benzene rings is 2. The van der Waals surface area contributed by atoms with Crippen LogP contribution in [-0.2, 0) is 17.8 Å². The average molecular weight is 336 g/mol. The molecule has 1 aromatic heterocycles. The molecule has 0 saturated heterocycles. The zero-order chi connectivity index (χ0) is 17.4. The lowest BCUT2D eigenvalue weighted by atomic mass is 9.96. The number of fused-ring (bicyclic) bond motifs is 2. The predicted molar refractivity (Wildman–Crippen MR) is 95.8 cm³/mol. The van der Waals surface area contributed by atoms with E-state index in [0.717, 1.165) is 35.2 Å². The van der Waals surface area contributed by atoms with Gasteiger partial charge in [-0.25, -0.2) is 0 Å². The summed E-state index contributed by atoms with van der Waals surface area (Å²) in [6.45, 7) is 1.37. The molecule has 0 saturated carbocycles. The van der Waals surface area contributed by atoms with Crippen LogP contribution in [0.4, 0.5) is 0 Å². The predicted octanol–water partition coefficient (Wildman–Crippen LogP) is 3.36. The third-order valence-corrected chi connectivity index (χ3v) is 4.97. The van der Waals surface area contributed by atoms with Gasteiger partial charge in [0.2, 0.25) is 0 Å². The Hall–Kier alpha value is -2.79. The van der Waals surface area contributed by atoms with Gasteiger partial charge in [0.15, 0.2) is 0 Å². The lowest BCUT2D eigenvalue weighted by Crippen LogP contribution is -2.38. The number of hydrogen-bond acceptors (Lipinski definition) is 3. The molecule has 3 aromatic rings. The van der Waals surface area contributed by atoms with Crippen molar-refractivity contribution in [3.63, 3.8) is 0 Å². The molecular weight excluding hydrogens is 316 g/mol.